The average Bonchev–Trinajstić information content (AvgIpc) is 2.82. The smallest absolute Gasteiger partial charge is 0.407 e. The molecular formula is C24H21ClN4O4. The van der Waals surface area contributed by atoms with Crippen LogP contribution in [0.1, 0.15) is 22.8 Å². The van der Waals surface area contributed by atoms with Crippen LogP contribution < -0.4 is 4.74 Å². The number of aromatic nitrogens is 1. The van der Waals surface area contributed by atoms with Gasteiger partial charge >= 0.3 is 6.09 Å². The van der Waals surface area contributed by atoms with Gasteiger partial charge in [-0.25, -0.2) is 9.78 Å². The molecular weight excluding hydrogens is 444 g/mol. The molecule has 1 N–H and O–H groups in total. The lowest BCUT2D eigenvalue weighted by molar-refractivity contribution is 0.0507. The van der Waals surface area contributed by atoms with Gasteiger partial charge in [0.25, 0.3) is 5.91 Å². The number of fused-ring (bicyclic) bond motifs is 1. The second-order valence-corrected chi connectivity index (χ2v) is 8.23. The Kier molecular flexibility index (Phi) is 6.07. The van der Waals surface area contributed by atoms with E-state index >= 15 is 0 Å². The molecule has 8 nitrogen and oxygen atoms in total. The van der Waals surface area contributed by atoms with Crippen LogP contribution in [-0.4, -0.2) is 64.7 Å². The van der Waals surface area contributed by atoms with Crippen LogP contribution in [0.25, 0.3) is 22.2 Å². The van der Waals surface area contributed by atoms with Crippen molar-refractivity contribution in [2.75, 3.05) is 26.7 Å². The fourth-order valence-electron chi connectivity index (χ4n) is 4.03. The fourth-order valence-corrected chi connectivity index (χ4v) is 4.29. The zero-order valence-electron chi connectivity index (χ0n) is 18.1. The van der Waals surface area contributed by atoms with Crippen molar-refractivity contribution in [2.24, 2.45) is 0 Å². The number of methoxy groups -OCH3 is 1. The van der Waals surface area contributed by atoms with E-state index in [0.717, 1.165) is 0 Å². The second-order valence-electron chi connectivity index (χ2n) is 7.82. The number of pyridine rings is 1. The number of carboxylic acid groups (broad SMARTS) is 1. The summed E-state index contributed by atoms with van der Waals surface area (Å²) < 4.78 is 5.20. The van der Waals surface area contributed by atoms with Gasteiger partial charge in [-0.2, -0.15) is 5.26 Å². The number of hydrogen-bond donors (Lipinski definition) is 1. The minimum absolute atomic E-state index is 0.187. The number of carbonyl (C=O) groups excluding carboxylic acids is 1. The molecule has 3 aromatic rings. The maximum absolute atomic E-state index is 13.1. The molecule has 0 aliphatic carbocycles. The number of benzene rings is 2. The van der Waals surface area contributed by atoms with Crippen LogP contribution in [0.4, 0.5) is 4.79 Å². The Morgan fingerprint density at radius 2 is 2.00 bits per heavy atom. The van der Waals surface area contributed by atoms with Crippen LogP contribution in [0.5, 0.6) is 5.75 Å². The summed E-state index contributed by atoms with van der Waals surface area (Å²) in [6.45, 7) is 2.69. The quantitative estimate of drug-likeness (QED) is 0.620. The molecule has 0 unspecified atom stereocenters. The van der Waals surface area contributed by atoms with Crippen molar-refractivity contribution >= 4 is 34.5 Å². The van der Waals surface area contributed by atoms with Crippen molar-refractivity contribution in [1.29, 1.82) is 5.26 Å². The maximum Gasteiger partial charge on any atom is 0.407 e. The Hall–Kier alpha value is -3.83. The highest BCUT2D eigenvalue weighted by Gasteiger charge is 2.30. The highest BCUT2D eigenvalue weighted by atomic mass is 35.5. The summed E-state index contributed by atoms with van der Waals surface area (Å²) in [7, 11) is 1.50. The molecule has 9 heteroatoms. The predicted molar refractivity (Wildman–Crippen MR) is 124 cm³/mol. The Labute approximate surface area is 195 Å². The molecule has 168 valence electrons. The highest BCUT2D eigenvalue weighted by molar-refractivity contribution is 6.35. The van der Waals surface area contributed by atoms with Crippen LogP contribution in [0.2, 0.25) is 5.02 Å². The third-order valence-corrected chi connectivity index (χ3v) is 6.10. The van der Waals surface area contributed by atoms with Gasteiger partial charge in [-0.05, 0) is 43.3 Å². The molecule has 0 bridgehead atoms. The lowest BCUT2D eigenvalue weighted by atomic mass is 10.0. The molecule has 1 aliphatic rings. The molecule has 1 fully saturated rings. The summed E-state index contributed by atoms with van der Waals surface area (Å²) in [5.41, 5.74) is 2.65. The largest absolute Gasteiger partial charge is 0.495 e. The Bertz CT molecular complexity index is 1300. The minimum atomic E-state index is -0.982. The van der Waals surface area contributed by atoms with E-state index < -0.39 is 6.09 Å². The molecule has 1 aliphatic heterocycles. The fraction of sp³-hybridized carbons (Fsp3) is 0.250. The third kappa shape index (κ3) is 4.28. The molecule has 4 rings (SSSR count). The van der Waals surface area contributed by atoms with E-state index in [9.17, 15) is 20.0 Å². The Morgan fingerprint density at radius 3 is 2.67 bits per heavy atom. The average molecular weight is 465 g/mol. The molecule has 33 heavy (non-hydrogen) atoms. The normalized spacial score (nSPS) is 15.9. The SMILES string of the molecule is COc1ccc(-c2cc(Cl)c3ccc(C(=O)N4CCN(C(=O)O)[C@H](C)C4)cc3n2)cc1C#N. The Balaban J connectivity index is 1.67. The van der Waals surface area contributed by atoms with Gasteiger partial charge in [0.05, 0.1) is 28.9 Å². The van der Waals surface area contributed by atoms with E-state index in [0.29, 0.717) is 57.1 Å². The molecule has 1 atom stereocenters. The number of ether oxygens (including phenoxy) is 1. The van der Waals surface area contributed by atoms with Crippen LogP contribution >= 0.6 is 11.6 Å². The van der Waals surface area contributed by atoms with Crippen molar-refractivity contribution < 1.29 is 19.4 Å². The van der Waals surface area contributed by atoms with E-state index in [-0.39, 0.29) is 18.5 Å². The van der Waals surface area contributed by atoms with Gasteiger partial charge in [0.1, 0.15) is 11.8 Å². The second kappa shape index (κ2) is 8.96. The van der Waals surface area contributed by atoms with Gasteiger partial charge in [-0.3, -0.25) is 4.79 Å². The van der Waals surface area contributed by atoms with E-state index in [2.05, 4.69) is 11.1 Å². The van der Waals surface area contributed by atoms with E-state index in [1.165, 1.54) is 12.0 Å². The van der Waals surface area contributed by atoms with E-state index in [1.54, 1.807) is 54.3 Å². The number of halogens is 1. The van der Waals surface area contributed by atoms with Gasteiger partial charge in [-0.15, -0.1) is 0 Å². The number of nitriles is 1. The molecule has 2 aromatic carbocycles. The number of rotatable bonds is 3. The van der Waals surface area contributed by atoms with Crippen LogP contribution in [-0.2, 0) is 0 Å². The summed E-state index contributed by atoms with van der Waals surface area (Å²) in [5, 5.41) is 19.8. The highest BCUT2D eigenvalue weighted by Crippen LogP contribution is 2.31. The molecule has 0 saturated carbocycles. The minimum Gasteiger partial charge on any atom is -0.495 e. The molecule has 0 radical (unpaired) electrons. The first kappa shape index (κ1) is 22.4. The number of nitrogens with zero attached hydrogens (tertiary/aromatic N) is 4. The number of piperazine rings is 1. The number of hydrogen-bond acceptors (Lipinski definition) is 5. The lowest BCUT2D eigenvalue weighted by Crippen LogP contribution is -2.55. The van der Waals surface area contributed by atoms with Crippen molar-refractivity contribution in [3.05, 3.63) is 58.6 Å². The summed E-state index contributed by atoms with van der Waals surface area (Å²) in [5.74, 6) is 0.284. The van der Waals surface area contributed by atoms with E-state index in [1.807, 2.05) is 0 Å². The van der Waals surface area contributed by atoms with Gasteiger partial charge in [0, 0.05) is 42.2 Å². The van der Waals surface area contributed by atoms with Crippen molar-refractivity contribution in [2.45, 2.75) is 13.0 Å². The zero-order valence-corrected chi connectivity index (χ0v) is 18.8. The van der Waals surface area contributed by atoms with Gasteiger partial charge in [-0.1, -0.05) is 17.7 Å². The summed E-state index contributed by atoms with van der Waals surface area (Å²) in [6, 6.07) is 13.9. The molecule has 2 amide bonds. The van der Waals surface area contributed by atoms with Gasteiger partial charge < -0.3 is 19.6 Å². The molecule has 2 heterocycles. The molecule has 1 saturated heterocycles. The third-order valence-electron chi connectivity index (χ3n) is 5.78. The van der Waals surface area contributed by atoms with Crippen molar-refractivity contribution in [3.63, 3.8) is 0 Å². The lowest BCUT2D eigenvalue weighted by Gasteiger charge is -2.38. The maximum atomic E-state index is 13.1. The standard InChI is InChI=1S/C24H21ClN4O4/c1-14-13-28(7-8-29(14)24(31)32)23(30)16-3-5-18-19(25)11-20(27-21(18)10-16)15-4-6-22(33-2)17(9-15)12-26/h3-6,9-11,14H,7-8,13H2,1-2H3,(H,31,32)/t14-/m1/s1. The number of amides is 2. The summed E-state index contributed by atoms with van der Waals surface area (Å²) in [4.78, 5) is 32.1. The molecule has 1 aromatic heterocycles. The van der Waals surface area contributed by atoms with Crippen LogP contribution in [0.3, 0.4) is 0 Å². The topological polar surface area (TPSA) is 107 Å². The van der Waals surface area contributed by atoms with Crippen LogP contribution in [0.15, 0.2) is 42.5 Å². The first-order valence-corrected chi connectivity index (χ1v) is 10.7. The van der Waals surface area contributed by atoms with Crippen LogP contribution in [0, 0.1) is 11.3 Å². The summed E-state index contributed by atoms with van der Waals surface area (Å²) in [6.07, 6.45) is -0.982. The number of carbonyl (C=O) groups is 2. The van der Waals surface area contributed by atoms with Gasteiger partial charge in [0.2, 0.25) is 0 Å². The monoisotopic (exact) mass is 464 g/mol. The predicted octanol–water partition coefficient (Wildman–Crippen LogP) is 4.26. The van der Waals surface area contributed by atoms with Crippen molar-refractivity contribution in [1.82, 2.24) is 14.8 Å². The zero-order chi connectivity index (χ0) is 23.7. The Morgan fingerprint density at radius 1 is 1.21 bits per heavy atom. The molecule has 0 spiro atoms. The summed E-state index contributed by atoms with van der Waals surface area (Å²) >= 11 is 6.50. The first-order valence-electron chi connectivity index (χ1n) is 10.3. The first-order chi connectivity index (χ1) is 15.8. The van der Waals surface area contributed by atoms with Crippen molar-refractivity contribution in [3.8, 4) is 23.1 Å². The van der Waals surface area contributed by atoms with E-state index in [4.69, 9.17) is 16.3 Å². The van der Waals surface area contributed by atoms with Gasteiger partial charge in [0.15, 0.2) is 0 Å².